The van der Waals surface area contributed by atoms with E-state index in [9.17, 15) is 43.2 Å². The van der Waals surface area contributed by atoms with Crippen molar-refractivity contribution in [3.8, 4) is 0 Å². The lowest BCUT2D eigenvalue weighted by Crippen LogP contribution is -2.30. The molecule has 0 saturated carbocycles. The molecule has 0 radical (unpaired) electrons. The maximum absolute atomic E-state index is 12.9. The van der Waals surface area contributed by atoms with Gasteiger partial charge in [-0.1, -0.05) is 234 Å². The molecule has 462 valence electrons. The van der Waals surface area contributed by atoms with Gasteiger partial charge >= 0.3 is 39.5 Å². The van der Waals surface area contributed by atoms with E-state index in [2.05, 4.69) is 41.5 Å². The van der Waals surface area contributed by atoms with E-state index in [4.69, 9.17) is 37.0 Å². The minimum Gasteiger partial charge on any atom is -0.462 e. The monoisotopic (exact) mass is 1160 g/mol. The van der Waals surface area contributed by atoms with Crippen LogP contribution >= 0.6 is 15.6 Å². The van der Waals surface area contributed by atoms with Gasteiger partial charge in [-0.25, -0.2) is 9.13 Å². The molecule has 17 nitrogen and oxygen atoms in total. The van der Waals surface area contributed by atoms with Gasteiger partial charge < -0.3 is 33.8 Å². The predicted octanol–water partition coefficient (Wildman–Crippen LogP) is 15.7. The van der Waals surface area contributed by atoms with E-state index in [-0.39, 0.29) is 25.7 Å². The Morgan fingerprint density at radius 1 is 0.346 bits per heavy atom. The van der Waals surface area contributed by atoms with Crippen molar-refractivity contribution >= 4 is 39.5 Å². The summed E-state index contributed by atoms with van der Waals surface area (Å²) in [6.45, 7) is 9.26. The van der Waals surface area contributed by atoms with Crippen LogP contribution in [0.5, 0.6) is 0 Å². The molecule has 5 atom stereocenters. The Kier molecular flexibility index (Phi) is 50.6. The fraction of sp³-hybridized carbons (Fsp3) is 0.932. The molecule has 0 aromatic rings. The number of ether oxygens (including phenoxy) is 4. The molecule has 0 spiro atoms. The average Bonchev–Trinajstić information content (AvgIpc) is 3.39. The lowest BCUT2D eigenvalue weighted by atomic mass is 10.0. The maximum atomic E-state index is 12.9. The van der Waals surface area contributed by atoms with Crippen LogP contribution in [0.3, 0.4) is 0 Å². The number of aliphatic hydroxyl groups is 1. The van der Waals surface area contributed by atoms with Gasteiger partial charge in [0, 0.05) is 25.7 Å². The second kappa shape index (κ2) is 51.9. The van der Waals surface area contributed by atoms with Gasteiger partial charge in [-0.2, -0.15) is 0 Å². The normalized spacial score (nSPS) is 14.4. The van der Waals surface area contributed by atoms with Gasteiger partial charge in [-0.3, -0.25) is 37.3 Å². The van der Waals surface area contributed by atoms with Gasteiger partial charge in [-0.05, 0) is 37.5 Å². The second-order valence-electron chi connectivity index (χ2n) is 22.3. The van der Waals surface area contributed by atoms with Crippen molar-refractivity contribution in [1.29, 1.82) is 0 Å². The summed E-state index contributed by atoms with van der Waals surface area (Å²) >= 11 is 0. The predicted molar refractivity (Wildman–Crippen MR) is 308 cm³/mol. The summed E-state index contributed by atoms with van der Waals surface area (Å²) in [5.41, 5.74) is 0. The van der Waals surface area contributed by atoms with Crippen LogP contribution in [0.15, 0.2) is 0 Å². The second-order valence-corrected chi connectivity index (χ2v) is 25.2. The SMILES string of the molecule is CCCCCCCCCC(=O)O[C@H](COC(=O)CCCCCCC)COP(=O)(O)OC[C@H](O)COP(=O)(O)OC[C@@H](COC(=O)CCCCCCCCC(C)C)OC(=O)CCCCCCCCCCCCCCCCC(C)C. The van der Waals surface area contributed by atoms with Gasteiger partial charge in [0.1, 0.15) is 19.3 Å². The Morgan fingerprint density at radius 3 is 0.872 bits per heavy atom. The van der Waals surface area contributed by atoms with E-state index in [1.165, 1.54) is 77.0 Å². The number of rotatable bonds is 58. The Morgan fingerprint density at radius 2 is 0.590 bits per heavy atom. The number of carbonyl (C=O) groups excluding carboxylic acids is 4. The molecular formula is C59H114O17P2. The molecule has 0 aromatic heterocycles. The number of aliphatic hydroxyl groups excluding tert-OH is 1. The highest BCUT2D eigenvalue weighted by Gasteiger charge is 2.30. The molecule has 0 saturated heterocycles. The number of phosphoric ester groups is 2. The third-order valence-corrected chi connectivity index (χ3v) is 15.4. The van der Waals surface area contributed by atoms with Crippen LogP contribution in [0, 0.1) is 11.8 Å². The minimum atomic E-state index is -4.94. The van der Waals surface area contributed by atoms with Crippen molar-refractivity contribution in [3.63, 3.8) is 0 Å². The zero-order chi connectivity index (χ0) is 58.0. The summed E-state index contributed by atoms with van der Waals surface area (Å²) < 4.78 is 67.4. The molecule has 78 heavy (non-hydrogen) atoms. The van der Waals surface area contributed by atoms with Crippen molar-refractivity contribution in [2.75, 3.05) is 39.6 Å². The zero-order valence-electron chi connectivity index (χ0n) is 50.0. The first-order valence-electron chi connectivity index (χ1n) is 31.0. The van der Waals surface area contributed by atoms with Gasteiger partial charge in [0.15, 0.2) is 12.2 Å². The Hall–Kier alpha value is -1.94. The number of hydrogen-bond acceptors (Lipinski definition) is 15. The van der Waals surface area contributed by atoms with Crippen LogP contribution in [-0.2, 0) is 65.4 Å². The summed E-state index contributed by atoms with van der Waals surface area (Å²) in [6, 6.07) is 0. The van der Waals surface area contributed by atoms with Gasteiger partial charge in [0.2, 0.25) is 0 Å². The molecule has 0 aliphatic carbocycles. The first-order chi connectivity index (χ1) is 37.4. The molecule has 3 N–H and O–H groups in total. The van der Waals surface area contributed by atoms with Crippen LogP contribution < -0.4 is 0 Å². The van der Waals surface area contributed by atoms with Crippen molar-refractivity contribution in [2.24, 2.45) is 11.8 Å². The van der Waals surface area contributed by atoms with E-state index in [0.29, 0.717) is 31.6 Å². The van der Waals surface area contributed by atoms with E-state index in [1.807, 2.05) is 0 Å². The molecule has 0 aliphatic rings. The zero-order valence-corrected chi connectivity index (χ0v) is 51.7. The summed E-state index contributed by atoms with van der Waals surface area (Å²) in [5.74, 6) is -0.684. The standard InChI is InChI=1S/C59H114O17P2/c1-7-9-11-13-22-31-37-43-58(63)75-54(47-69-56(61)41-35-27-12-10-8-2)49-73-77(65,66)71-45-53(60)46-72-78(67,68)74-50-55(48-70-57(62)42-36-30-26-25-29-34-40-52(5)6)76-59(64)44-38-32-24-21-19-17-15-14-16-18-20-23-28-33-39-51(3)4/h51-55,60H,7-50H2,1-6H3,(H,65,66)(H,67,68)/t53-,54+,55+/m0/s1. The molecule has 0 aromatic carbocycles. The molecular weight excluding hydrogens is 1040 g/mol. The van der Waals surface area contributed by atoms with E-state index < -0.39 is 97.5 Å². The van der Waals surface area contributed by atoms with Crippen LogP contribution in [0.2, 0.25) is 0 Å². The third kappa shape index (κ3) is 53.4. The van der Waals surface area contributed by atoms with Gasteiger partial charge in [0.25, 0.3) is 0 Å². The molecule has 2 unspecified atom stereocenters. The lowest BCUT2D eigenvalue weighted by molar-refractivity contribution is -0.161. The molecule has 19 heteroatoms. The Bertz CT molecular complexity index is 1550. The Balaban J connectivity index is 5.11. The van der Waals surface area contributed by atoms with E-state index >= 15 is 0 Å². The summed E-state index contributed by atoms with van der Waals surface area (Å²) in [6.07, 6.45) is 32.8. The largest absolute Gasteiger partial charge is 0.472 e. The smallest absolute Gasteiger partial charge is 0.462 e. The lowest BCUT2D eigenvalue weighted by Gasteiger charge is -2.21. The number of carbonyl (C=O) groups is 4. The number of hydrogen-bond donors (Lipinski definition) is 3. The van der Waals surface area contributed by atoms with Crippen LogP contribution in [0.25, 0.3) is 0 Å². The summed E-state index contributed by atoms with van der Waals surface area (Å²) in [5, 5.41) is 10.5. The van der Waals surface area contributed by atoms with E-state index in [0.717, 1.165) is 121 Å². The average molecular weight is 1160 g/mol. The molecule has 0 amide bonds. The summed E-state index contributed by atoms with van der Waals surface area (Å²) in [4.78, 5) is 71.5. The first-order valence-corrected chi connectivity index (χ1v) is 34.0. The highest BCUT2D eigenvalue weighted by molar-refractivity contribution is 7.47. The highest BCUT2D eigenvalue weighted by atomic mass is 31.2. The fourth-order valence-electron chi connectivity index (χ4n) is 8.65. The van der Waals surface area contributed by atoms with Crippen LogP contribution in [-0.4, -0.2) is 96.7 Å². The fourth-order valence-corrected chi connectivity index (χ4v) is 10.2. The summed E-state index contributed by atoms with van der Waals surface area (Å²) in [7, 11) is -9.86. The van der Waals surface area contributed by atoms with Crippen LogP contribution in [0.1, 0.15) is 286 Å². The number of phosphoric acid groups is 2. The minimum absolute atomic E-state index is 0.102. The number of unbranched alkanes of at least 4 members (excludes halogenated alkanes) is 28. The van der Waals surface area contributed by atoms with E-state index in [1.54, 1.807) is 0 Å². The van der Waals surface area contributed by atoms with Crippen LogP contribution in [0.4, 0.5) is 0 Å². The van der Waals surface area contributed by atoms with Crippen molar-refractivity contribution < 1.29 is 80.2 Å². The first kappa shape index (κ1) is 76.1. The highest BCUT2D eigenvalue weighted by Crippen LogP contribution is 2.45. The topological polar surface area (TPSA) is 237 Å². The molecule has 0 bridgehead atoms. The molecule has 0 heterocycles. The third-order valence-electron chi connectivity index (χ3n) is 13.5. The quantitative estimate of drug-likeness (QED) is 0.0222. The van der Waals surface area contributed by atoms with Crippen molar-refractivity contribution in [3.05, 3.63) is 0 Å². The Labute approximate surface area is 473 Å². The van der Waals surface area contributed by atoms with Gasteiger partial charge in [-0.15, -0.1) is 0 Å². The molecule has 0 aliphatic heterocycles. The van der Waals surface area contributed by atoms with Gasteiger partial charge in [0.05, 0.1) is 26.4 Å². The van der Waals surface area contributed by atoms with Crippen molar-refractivity contribution in [1.82, 2.24) is 0 Å². The molecule has 0 fully saturated rings. The number of esters is 4. The van der Waals surface area contributed by atoms with Crippen molar-refractivity contribution in [2.45, 2.75) is 304 Å². The maximum Gasteiger partial charge on any atom is 0.472 e. The molecule has 0 rings (SSSR count).